The normalized spacial score (nSPS) is 16.4. The first kappa shape index (κ1) is 22.1. The molecule has 4 N–H and O–H groups in total. The van der Waals surface area contributed by atoms with Gasteiger partial charge in [0.2, 0.25) is 5.91 Å². The molecule has 2 heterocycles. The first-order chi connectivity index (χ1) is 12.7. The maximum Gasteiger partial charge on any atom is 0.217 e. The van der Waals surface area contributed by atoms with Gasteiger partial charge >= 0.3 is 0 Å². The van der Waals surface area contributed by atoms with Gasteiger partial charge in [0.1, 0.15) is 0 Å². The predicted molar refractivity (Wildman–Crippen MR) is 117 cm³/mol. The average molecular weight is 417 g/mol. The van der Waals surface area contributed by atoms with Gasteiger partial charge in [-0.25, -0.2) is 0 Å². The first-order valence-corrected chi connectivity index (χ1v) is 9.94. The third-order valence-electron chi connectivity index (χ3n) is 5.40. The zero-order chi connectivity index (χ0) is 18.0. The number of primary amides is 1. The van der Waals surface area contributed by atoms with Crippen molar-refractivity contribution < 1.29 is 10.3 Å². The van der Waals surface area contributed by atoms with Crippen LogP contribution in [-0.4, -0.2) is 16.4 Å². The second-order valence-corrected chi connectivity index (χ2v) is 7.91. The molecule has 4 rings (SSSR count). The number of hydrogen-bond donors (Lipinski definition) is 1. The van der Waals surface area contributed by atoms with Crippen LogP contribution in [0.4, 0.5) is 0 Å². The second kappa shape index (κ2) is 9.32. The minimum atomic E-state index is -0.212. The Labute approximate surface area is 175 Å². The number of pyridine rings is 1. The third-order valence-corrected chi connectivity index (χ3v) is 6.35. The summed E-state index contributed by atoms with van der Waals surface area (Å²) in [5.41, 5.74) is 10.8. The summed E-state index contributed by atoms with van der Waals surface area (Å²) in [5, 5.41) is 2.20. The third kappa shape index (κ3) is 3.97. The number of thiophene rings is 1. The minimum Gasteiger partial charge on any atom is -0.412 e. The van der Waals surface area contributed by atoms with E-state index in [4.69, 9.17) is 5.73 Å². The van der Waals surface area contributed by atoms with E-state index >= 15 is 0 Å². The van der Waals surface area contributed by atoms with Crippen LogP contribution in [0.5, 0.6) is 0 Å². The molecule has 0 fully saturated rings. The number of benzene rings is 1. The molecule has 0 aliphatic heterocycles. The molecule has 1 amide bonds. The maximum absolute atomic E-state index is 11.1. The highest BCUT2D eigenvalue weighted by atomic mass is 35.5. The zero-order valence-corrected chi connectivity index (χ0v) is 17.2. The molecule has 0 saturated carbocycles. The summed E-state index contributed by atoms with van der Waals surface area (Å²) >= 11 is 1.83. The summed E-state index contributed by atoms with van der Waals surface area (Å²) in [6.45, 7) is 0. The van der Waals surface area contributed by atoms with Gasteiger partial charge in [0.15, 0.2) is 0 Å². The molecule has 1 aliphatic rings. The van der Waals surface area contributed by atoms with Gasteiger partial charge in [0.25, 0.3) is 0 Å². The van der Waals surface area contributed by atoms with Crippen molar-refractivity contribution in [1.29, 1.82) is 0 Å². The number of carbonyl (C=O) groups is 1. The molecule has 0 spiro atoms. The van der Waals surface area contributed by atoms with Gasteiger partial charge in [-0.15, -0.1) is 23.7 Å². The lowest BCUT2D eigenvalue weighted by Crippen LogP contribution is -2.28. The average Bonchev–Trinajstić information content (AvgIpc) is 3.23. The van der Waals surface area contributed by atoms with Crippen molar-refractivity contribution in [3.63, 3.8) is 0 Å². The largest absolute Gasteiger partial charge is 0.412 e. The van der Waals surface area contributed by atoms with Crippen molar-refractivity contribution in [2.24, 2.45) is 5.73 Å². The summed E-state index contributed by atoms with van der Waals surface area (Å²) in [6, 6.07) is 15.3. The van der Waals surface area contributed by atoms with Crippen molar-refractivity contribution in [3.05, 3.63) is 76.9 Å². The van der Waals surface area contributed by atoms with E-state index in [1.54, 1.807) is 0 Å². The molecule has 4 nitrogen and oxygen atoms in total. The Morgan fingerprint density at radius 3 is 2.54 bits per heavy atom. The quantitative estimate of drug-likeness (QED) is 0.582. The van der Waals surface area contributed by atoms with Gasteiger partial charge in [-0.3, -0.25) is 9.78 Å². The van der Waals surface area contributed by atoms with E-state index in [1.165, 1.54) is 27.1 Å². The number of halogens is 1. The van der Waals surface area contributed by atoms with E-state index in [-0.39, 0.29) is 29.2 Å². The van der Waals surface area contributed by atoms with E-state index in [1.807, 2.05) is 23.7 Å². The van der Waals surface area contributed by atoms with Crippen LogP contribution in [0.1, 0.15) is 42.4 Å². The first-order valence-electron chi connectivity index (χ1n) is 9.06. The van der Waals surface area contributed by atoms with Crippen molar-refractivity contribution in [1.82, 2.24) is 4.98 Å². The van der Waals surface area contributed by atoms with Gasteiger partial charge in [0, 0.05) is 29.1 Å². The standard InChI is InChI=1S/C22H22N2OS.ClH.H2O/c23-20(25)7-3-4-11-22(15-16-8-12-24-13-9-16)18-6-2-1-5-17(18)21-19(22)10-14-26-21;;/h1-2,5-6,8-10,12-14H,3-4,7,11,15H2,(H2,23,25);1H;1H2. The summed E-state index contributed by atoms with van der Waals surface area (Å²) in [4.78, 5) is 16.7. The topological polar surface area (TPSA) is 87.5 Å². The molecular weight excluding hydrogens is 392 g/mol. The fraction of sp³-hybridized carbons (Fsp3) is 0.273. The summed E-state index contributed by atoms with van der Waals surface area (Å²) < 4.78 is 0. The number of carbonyl (C=O) groups excluding carboxylic acids is 1. The smallest absolute Gasteiger partial charge is 0.217 e. The number of nitrogens with zero attached hydrogens (tertiary/aromatic N) is 1. The Balaban J connectivity index is 0.00000140. The minimum absolute atomic E-state index is 0. The Hall–Kier alpha value is -2.21. The SMILES string of the molecule is Cl.NC(=O)CCCCC1(Cc2ccncc2)c2ccccc2-c2sccc21.O. The number of amides is 1. The monoisotopic (exact) mass is 416 g/mol. The van der Waals surface area contributed by atoms with Crippen LogP contribution in [0.25, 0.3) is 10.4 Å². The number of aromatic nitrogens is 1. The highest BCUT2D eigenvalue weighted by Crippen LogP contribution is 2.55. The number of unbranched alkanes of at least 4 members (excludes halogenated alkanes) is 1. The fourth-order valence-corrected chi connectivity index (χ4v) is 5.30. The molecule has 0 saturated heterocycles. The highest BCUT2D eigenvalue weighted by molar-refractivity contribution is 7.14. The van der Waals surface area contributed by atoms with E-state index in [2.05, 4.69) is 52.8 Å². The molecule has 2 aromatic heterocycles. The van der Waals surface area contributed by atoms with Crippen LogP contribution < -0.4 is 5.73 Å². The number of hydrogen-bond acceptors (Lipinski definition) is 3. The van der Waals surface area contributed by atoms with Crippen LogP contribution >= 0.6 is 23.7 Å². The van der Waals surface area contributed by atoms with Crippen LogP contribution in [0.3, 0.4) is 0 Å². The Morgan fingerprint density at radius 1 is 1.04 bits per heavy atom. The van der Waals surface area contributed by atoms with Crippen molar-refractivity contribution >= 4 is 29.7 Å². The van der Waals surface area contributed by atoms with Gasteiger partial charge in [-0.1, -0.05) is 30.7 Å². The molecule has 0 radical (unpaired) electrons. The molecule has 1 aliphatic carbocycles. The lowest BCUT2D eigenvalue weighted by molar-refractivity contribution is -0.118. The second-order valence-electron chi connectivity index (χ2n) is 7.00. The van der Waals surface area contributed by atoms with Crippen molar-refractivity contribution in [2.75, 3.05) is 0 Å². The molecule has 6 heteroatoms. The molecule has 148 valence electrons. The molecule has 1 atom stereocenters. The molecule has 1 aromatic carbocycles. The summed E-state index contributed by atoms with van der Waals surface area (Å²) in [7, 11) is 0. The zero-order valence-electron chi connectivity index (χ0n) is 15.6. The van der Waals surface area contributed by atoms with Gasteiger partial charge in [-0.2, -0.15) is 0 Å². The van der Waals surface area contributed by atoms with E-state index in [9.17, 15) is 4.79 Å². The number of rotatable bonds is 7. The fourth-order valence-electron chi connectivity index (χ4n) is 4.26. The number of nitrogens with two attached hydrogens (primary N) is 1. The summed E-state index contributed by atoms with van der Waals surface area (Å²) in [6.07, 6.45) is 7.99. The lowest BCUT2D eigenvalue weighted by atomic mass is 9.70. The van der Waals surface area contributed by atoms with Gasteiger partial charge < -0.3 is 11.2 Å². The Morgan fingerprint density at radius 2 is 1.79 bits per heavy atom. The van der Waals surface area contributed by atoms with Crippen molar-refractivity contribution in [3.8, 4) is 10.4 Å². The molecule has 0 bridgehead atoms. The number of fused-ring (bicyclic) bond motifs is 3. The van der Waals surface area contributed by atoms with Crippen LogP contribution in [0.15, 0.2) is 60.2 Å². The van der Waals surface area contributed by atoms with Crippen LogP contribution in [0.2, 0.25) is 0 Å². The van der Waals surface area contributed by atoms with E-state index in [0.717, 1.165) is 25.7 Å². The molecule has 3 aromatic rings. The van der Waals surface area contributed by atoms with E-state index < -0.39 is 0 Å². The van der Waals surface area contributed by atoms with Gasteiger partial charge in [-0.05, 0) is 65.1 Å². The van der Waals surface area contributed by atoms with Crippen LogP contribution in [0, 0.1) is 0 Å². The molecular formula is C22H25ClN2O2S. The van der Waals surface area contributed by atoms with Crippen molar-refractivity contribution in [2.45, 2.75) is 37.5 Å². The lowest BCUT2D eigenvalue weighted by Gasteiger charge is -2.32. The van der Waals surface area contributed by atoms with E-state index in [0.29, 0.717) is 6.42 Å². The highest BCUT2D eigenvalue weighted by Gasteiger charge is 2.43. The Bertz CT molecular complexity index is 929. The summed E-state index contributed by atoms with van der Waals surface area (Å²) in [5.74, 6) is -0.212. The van der Waals surface area contributed by atoms with Gasteiger partial charge in [0.05, 0.1) is 0 Å². The Kier molecular flexibility index (Phi) is 7.35. The molecule has 28 heavy (non-hydrogen) atoms. The van der Waals surface area contributed by atoms with Crippen LogP contribution in [-0.2, 0) is 16.6 Å². The predicted octanol–water partition coefficient (Wildman–Crippen LogP) is 4.30. The molecule has 1 unspecified atom stereocenters. The maximum atomic E-state index is 11.1.